The smallest absolute Gasteiger partial charge is 0.231 e. The highest BCUT2D eigenvalue weighted by molar-refractivity contribution is 6.30. The molecule has 0 fully saturated rings. The van der Waals surface area contributed by atoms with Crippen LogP contribution in [-0.4, -0.2) is 13.3 Å². The van der Waals surface area contributed by atoms with Crippen LogP contribution in [0.1, 0.15) is 22.7 Å². The van der Waals surface area contributed by atoms with Crippen molar-refractivity contribution in [3.63, 3.8) is 0 Å². The largest absolute Gasteiger partial charge is 0.454 e. The van der Waals surface area contributed by atoms with Crippen molar-refractivity contribution in [2.75, 3.05) is 13.3 Å². The second-order valence-corrected chi connectivity index (χ2v) is 5.53. The van der Waals surface area contributed by atoms with Gasteiger partial charge in [0.25, 0.3) is 0 Å². The molecule has 20 heavy (non-hydrogen) atoms. The third-order valence-corrected chi connectivity index (χ3v) is 4.14. The standard InChI is InChI=1S/C16H14ClNO2/c17-12-3-1-10(2-4-12)16-13-8-15-14(19-9-20-15)7-11(13)5-6-18-16/h1-4,7-8,16,18H,5-6,9H2. The molecule has 0 bridgehead atoms. The molecule has 0 aromatic heterocycles. The molecule has 2 aromatic carbocycles. The number of benzene rings is 2. The summed E-state index contributed by atoms with van der Waals surface area (Å²) in [4.78, 5) is 0. The minimum atomic E-state index is 0.186. The Morgan fingerprint density at radius 2 is 1.80 bits per heavy atom. The number of ether oxygens (including phenoxy) is 2. The van der Waals surface area contributed by atoms with E-state index in [2.05, 4.69) is 29.6 Å². The van der Waals surface area contributed by atoms with E-state index in [4.69, 9.17) is 21.1 Å². The van der Waals surface area contributed by atoms with Crippen molar-refractivity contribution in [2.45, 2.75) is 12.5 Å². The molecule has 0 saturated carbocycles. The molecule has 2 heterocycles. The van der Waals surface area contributed by atoms with Gasteiger partial charge in [-0.2, -0.15) is 0 Å². The molecule has 1 unspecified atom stereocenters. The van der Waals surface area contributed by atoms with E-state index in [9.17, 15) is 0 Å². The van der Waals surface area contributed by atoms with Crippen molar-refractivity contribution in [3.05, 3.63) is 58.1 Å². The Balaban J connectivity index is 1.79. The Hall–Kier alpha value is -1.71. The first-order chi connectivity index (χ1) is 9.81. The summed E-state index contributed by atoms with van der Waals surface area (Å²) in [7, 11) is 0. The van der Waals surface area contributed by atoms with Crippen LogP contribution in [0.2, 0.25) is 5.02 Å². The zero-order valence-electron chi connectivity index (χ0n) is 10.9. The number of nitrogens with one attached hydrogen (secondary N) is 1. The van der Waals surface area contributed by atoms with Crippen LogP contribution >= 0.6 is 11.6 Å². The molecule has 0 aliphatic carbocycles. The minimum absolute atomic E-state index is 0.186. The molecule has 1 atom stereocenters. The zero-order chi connectivity index (χ0) is 13.5. The molecule has 0 amide bonds. The van der Waals surface area contributed by atoms with E-state index in [-0.39, 0.29) is 6.04 Å². The Morgan fingerprint density at radius 3 is 2.60 bits per heavy atom. The van der Waals surface area contributed by atoms with Crippen LogP contribution in [0.4, 0.5) is 0 Å². The fraction of sp³-hybridized carbons (Fsp3) is 0.250. The van der Waals surface area contributed by atoms with Gasteiger partial charge >= 0.3 is 0 Å². The third kappa shape index (κ3) is 1.94. The van der Waals surface area contributed by atoms with Crippen LogP contribution in [0.15, 0.2) is 36.4 Å². The summed E-state index contributed by atoms with van der Waals surface area (Å²) < 4.78 is 11.0. The highest BCUT2D eigenvalue weighted by Gasteiger charge is 2.25. The summed E-state index contributed by atoms with van der Waals surface area (Å²) in [5.41, 5.74) is 3.81. The Bertz CT molecular complexity index is 654. The van der Waals surface area contributed by atoms with Crippen molar-refractivity contribution < 1.29 is 9.47 Å². The molecule has 2 aliphatic heterocycles. The fourth-order valence-electron chi connectivity index (χ4n) is 2.90. The molecule has 4 heteroatoms. The van der Waals surface area contributed by atoms with Gasteiger partial charge in [0.05, 0.1) is 6.04 Å². The van der Waals surface area contributed by atoms with E-state index in [0.717, 1.165) is 29.5 Å². The third-order valence-electron chi connectivity index (χ3n) is 3.89. The summed E-state index contributed by atoms with van der Waals surface area (Å²) >= 11 is 5.97. The molecular weight excluding hydrogens is 274 g/mol. The van der Waals surface area contributed by atoms with E-state index < -0.39 is 0 Å². The number of fused-ring (bicyclic) bond motifs is 2. The van der Waals surface area contributed by atoms with Crippen molar-refractivity contribution >= 4 is 11.6 Å². The van der Waals surface area contributed by atoms with Crippen LogP contribution in [-0.2, 0) is 6.42 Å². The van der Waals surface area contributed by atoms with E-state index in [1.165, 1.54) is 16.7 Å². The summed E-state index contributed by atoms with van der Waals surface area (Å²) in [6.45, 7) is 1.28. The van der Waals surface area contributed by atoms with E-state index in [1.54, 1.807) is 0 Å². The topological polar surface area (TPSA) is 30.5 Å². The summed E-state index contributed by atoms with van der Waals surface area (Å²) in [5, 5.41) is 4.32. The maximum atomic E-state index is 5.97. The molecule has 2 aliphatic rings. The number of hydrogen-bond acceptors (Lipinski definition) is 3. The molecule has 0 saturated heterocycles. The average Bonchev–Trinajstić information content (AvgIpc) is 2.92. The van der Waals surface area contributed by atoms with Crippen molar-refractivity contribution in [1.29, 1.82) is 0 Å². The predicted molar refractivity (Wildman–Crippen MR) is 77.6 cm³/mol. The van der Waals surface area contributed by atoms with Gasteiger partial charge in [-0.05, 0) is 47.4 Å². The predicted octanol–water partition coefficient (Wildman–Crippen LogP) is 3.30. The molecule has 1 N–H and O–H groups in total. The fourth-order valence-corrected chi connectivity index (χ4v) is 3.02. The van der Waals surface area contributed by atoms with Crippen LogP contribution in [0, 0.1) is 0 Å². The molecule has 0 spiro atoms. The van der Waals surface area contributed by atoms with E-state index in [0.29, 0.717) is 6.79 Å². The molecular formula is C16H14ClNO2. The molecule has 102 valence electrons. The van der Waals surface area contributed by atoms with Crippen LogP contribution in [0.3, 0.4) is 0 Å². The van der Waals surface area contributed by atoms with Crippen molar-refractivity contribution in [2.24, 2.45) is 0 Å². The van der Waals surface area contributed by atoms with Crippen LogP contribution in [0.5, 0.6) is 11.5 Å². The first-order valence-electron chi connectivity index (χ1n) is 6.72. The van der Waals surface area contributed by atoms with Gasteiger partial charge in [0.1, 0.15) is 0 Å². The van der Waals surface area contributed by atoms with Gasteiger partial charge in [-0.1, -0.05) is 23.7 Å². The minimum Gasteiger partial charge on any atom is -0.454 e. The van der Waals surface area contributed by atoms with Gasteiger partial charge in [0.15, 0.2) is 11.5 Å². The zero-order valence-corrected chi connectivity index (χ0v) is 11.6. The lowest BCUT2D eigenvalue weighted by atomic mass is 9.89. The first kappa shape index (κ1) is 12.1. The quantitative estimate of drug-likeness (QED) is 0.873. The molecule has 2 aromatic rings. The highest BCUT2D eigenvalue weighted by Crippen LogP contribution is 2.39. The van der Waals surface area contributed by atoms with Crippen LogP contribution in [0.25, 0.3) is 0 Å². The second-order valence-electron chi connectivity index (χ2n) is 5.09. The lowest BCUT2D eigenvalue weighted by Gasteiger charge is -2.27. The number of rotatable bonds is 1. The number of hydrogen-bond donors (Lipinski definition) is 1. The molecule has 4 rings (SSSR count). The maximum Gasteiger partial charge on any atom is 0.231 e. The summed E-state index contributed by atoms with van der Waals surface area (Å²) in [5.74, 6) is 1.70. The highest BCUT2D eigenvalue weighted by atomic mass is 35.5. The van der Waals surface area contributed by atoms with Crippen molar-refractivity contribution in [3.8, 4) is 11.5 Å². The van der Waals surface area contributed by atoms with Gasteiger partial charge in [0, 0.05) is 11.6 Å². The second kappa shape index (κ2) is 4.69. The van der Waals surface area contributed by atoms with Crippen LogP contribution < -0.4 is 14.8 Å². The SMILES string of the molecule is Clc1ccc(C2NCCc3cc4c(cc32)OCO4)cc1. The van der Waals surface area contributed by atoms with Gasteiger partial charge in [-0.25, -0.2) is 0 Å². The first-order valence-corrected chi connectivity index (χ1v) is 7.10. The van der Waals surface area contributed by atoms with Gasteiger partial charge in [-0.3, -0.25) is 0 Å². The molecule has 0 radical (unpaired) electrons. The molecule has 3 nitrogen and oxygen atoms in total. The van der Waals surface area contributed by atoms with E-state index >= 15 is 0 Å². The van der Waals surface area contributed by atoms with Gasteiger partial charge in [-0.15, -0.1) is 0 Å². The number of halogens is 1. The summed E-state index contributed by atoms with van der Waals surface area (Å²) in [6.07, 6.45) is 1.01. The Kier molecular flexibility index (Phi) is 2.83. The normalized spacial score (nSPS) is 19.8. The Labute approximate surface area is 122 Å². The monoisotopic (exact) mass is 287 g/mol. The maximum absolute atomic E-state index is 5.97. The Morgan fingerprint density at radius 1 is 1.05 bits per heavy atom. The lowest BCUT2D eigenvalue weighted by Crippen LogP contribution is -2.30. The van der Waals surface area contributed by atoms with Gasteiger partial charge < -0.3 is 14.8 Å². The average molecular weight is 288 g/mol. The summed E-state index contributed by atoms with van der Waals surface area (Å²) in [6, 6.07) is 12.4. The van der Waals surface area contributed by atoms with Gasteiger partial charge in [0.2, 0.25) is 6.79 Å². The van der Waals surface area contributed by atoms with Crippen molar-refractivity contribution in [1.82, 2.24) is 5.32 Å². The lowest BCUT2D eigenvalue weighted by molar-refractivity contribution is 0.174. The van der Waals surface area contributed by atoms with E-state index in [1.807, 2.05) is 12.1 Å².